The largest absolute Gasteiger partial charge is 0.461 e. The Balaban J connectivity index is 1.75. The SMILES string of the molecule is C=C(C)C1COB2C/C=C/C3OB(C/C=C/C1O2)OCC3C. The van der Waals surface area contributed by atoms with Gasteiger partial charge >= 0.3 is 14.2 Å². The highest BCUT2D eigenvalue weighted by Crippen LogP contribution is 2.27. The molecule has 6 heteroatoms. The number of rotatable bonds is 1. The molecule has 0 radical (unpaired) electrons. The average molecular weight is 302 g/mol. The molecule has 0 amide bonds. The first-order chi connectivity index (χ1) is 10.6. The molecule has 0 aromatic heterocycles. The van der Waals surface area contributed by atoms with Crippen molar-refractivity contribution in [1.29, 1.82) is 0 Å². The van der Waals surface area contributed by atoms with Gasteiger partial charge in [-0.1, -0.05) is 43.4 Å². The molecule has 4 nitrogen and oxygen atoms in total. The van der Waals surface area contributed by atoms with Crippen LogP contribution in [0.25, 0.3) is 0 Å². The highest BCUT2D eigenvalue weighted by Gasteiger charge is 2.35. The van der Waals surface area contributed by atoms with Crippen LogP contribution in [-0.4, -0.2) is 39.7 Å². The number of fused-ring (bicyclic) bond motifs is 4. The van der Waals surface area contributed by atoms with Crippen LogP contribution in [0.15, 0.2) is 36.5 Å². The van der Waals surface area contributed by atoms with Crippen molar-refractivity contribution in [3.05, 3.63) is 36.5 Å². The molecule has 4 atom stereocenters. The van der Waals surface area contributed by atoms with E-state index in [1.165, 1.54) is 0 Å². The summed E-state index contributed by atoms with van der Waals surface area (Å²) in [6.07, 6.45) is 10.1. The third-order valence-electron chi connectivity index (χ3n) is 4.52. The fourth-order valence-corrected chi connectivity index (χ4v) is 3.05. The van der Waals surface area contributed by atoms with Crippen molar-refractivity contribution in [1.82, 2.24) is 0 Å². The average Bonchev–Trinajstić information content (AvgIpc) is 2.49. The van der Waals surface area contributed by atoms with E-state index in [-0.39, 0.29) is 32.4 Å². The number of allylic oxidation sites excluding steroid dienone is 2. The van der Waals surface area contributed by atoms with Gasteiger partial charge in [0, 0.05) is 37.7 Å². The third-order valence-corrected chi connectivity index (χ3v) is 4.52. The van der Waals surface area contributed by atoms with Crippen LogP contribution in [0.3, 0.4) is 0 Å². The molecule has 118 valence electrons. The summed E-state index contributed by atoms with van der Waals surface area (Å²) in [5, 5.41) is 0. The Morgan fingerprint density at radius 3 is 2.27 bits per heavy atom. The van der Waals surface area contributed by atoms with Crippen molar-refractivity contribution >= 4 is 14.2 Å². The maximum Gasteiger partial charge on any atom is 0.461 e. The Morgan fingerprint density at radius 1 is 1.00 bits per heavy atom. The van der Waals surface area contributed by atoms with Gasteiger partial charge in [0.1, 0.15) is 0 Å². The summed E-state index contributed by atoms with van der Waals surface area (Å²) < 4.78 is 23.7. The van der Waals surface area contributed by atoms with Crippen LogP contribution in [0, 0.1) is 11.8 Å². The smallest absolute Gasteiger partial charge is 0.411 e. The monoisotopic (exact) mass is 302 g/mol. The van der Waals surface area contributed by atoms with Crippen LogP contribution < -0.4 is 0 Å². The summed E-state index contributed by atoms with van der Waals surface area (Å²) >= 11 is 0. The fraction of sp³-hybridized carbons (Fsp3) is 0.625. The van der Waals surface area contributed by atoms with Crippen LogP contribution in [-0.2, 0) is 18.6 Å². The highest BCUT2D eigenvalue weighted by atomic mass is 16.6. The molecule has 4 unspecified atom stereocenters. The highest BCUT2D eigenvalue weighted by molar-refractivity contribution is 6.45. The van der Waals surface area contributed by atoms with Gasteiger partial charge in [-0.3, -0.25) is 0 Å². The lowest BCUT2D eigenvalue weighted by Gasteiger charge is -2.35. The van der Waals surface area contributed by atoms with Gasteiger partial charge < -0.3 is 18.6 Å². The molecule has 0 aromatic rings. The van der Waals surface area contributed by atoms with Gasteiger partial charge in [-0.2, -0.15) is 0 Å². The molecule has 3 aliphatic heterocycles. The van der Waals surface area contributed by atoms with Gasteiger partial charge in [-0.05, 0) is 6.92 Å². The van der Waals surface area contributed by atoms with Crippen LogP contribution in [0.2, 0.25) is 12.6 Å². The van der Waals surface area contributed by atoms with E-state index < -0.39 is 0 Å². The summed E-state index contributed by atoms with van der Waals surface area (Å²) in [6, 6.07) is 0. The molecule has 3 aliphatic rings. The zero-order valence-electron chi connectivity index (χ0n) is 13.4. The molecule has 2 fully saturated rings. The van der Waals surface area contributed by atoms with Crippen molar-refractivity contribution in [3.63, 3.8) is 0 Å². The van der Waals surface area contributed by atoms with Crippen molar-refractivity contribution in [2.24, 2.45) is 11.8 Å². The van der Waals surface area contributed by atoms with E-state index in [4.69, 9.17) is 18.6 Å². The zero-order chi connectivity index (χ0) is 15.5. The number of hydrogen-bond donors (Lipinski definition) is 0. The van der Waals surface area contributed by atoms with Crippen molar-refractivity contribution in [2.75, 3.05) is 13.2 Å². The van der Waals surface area contributed by atoms with E-state index in [1.54, 1.807) is 0 Å². The van der Waals surface area contributed by atoms with E-state index >= 15 is 0 Å². The molecule has 0 aliphatic carbocycles. The summed E-state index contributed by atoms with van der Waals surface area (Å²) in [5.74, 6) is 0.577. The second-order valence-electron chi connectivity index (χ2n) is 6.49. The molecule has 0 spiro atoms. The van der Waals surface area contributed by atoms with Crippen LogP contribution in [0.1, 0.15) is 13.8 Å². The molecule has 0 N–H and O–H groups in total. The van der Waals surface area contributed by atoms with E-state index in [1.807, 2.05) is 6.92 Å². The molecule has 2 saturated heterocycles. The van der Waals surface area contributed by atoms with E-state index in [0.717, 1.165) is 24.8 Å². The molecule has 22 heavy (non-hydrogen) atoms. The lowest BCUT2D eigenvalue weighted by molar-refractivity contribution is 0.0465. The second-order valence-corrected chi connectivity index (χ2v) is 6.49. The van der Waals surface area contributed by atoms with Crippen LogP contribution >= 0.6 is 0 Å². The molecular formula is C16H24B2O4. The predicted molar refractivity (Wildman–Crippen MR) is 88.5 cm³/mol. The lowest BCUT2D eigenvalue weighted by Crippen LogP contribution is -2.43. The van der Waals surface area contributed by atoms with E-state index in [9.17, 15) is 0 Å². The minimum Gasteiger partial charge on any atom is -0.411 e. The van der Waals surface area contributed by atoms with Crippen molar-refractivity contribution in [2.45, 2.75) is 38.7 Å². The van der Waals surface area contributed by atoms with Gasteiger partial charge in [0.25, 0.3) is 0 Å². The topological polar surface area (TPSA) is 36.9 Å². The van der Waals surface area contributed by atoms with E-state index in [2.05, 4.69) is 37.8 Å². The normalized spacial score (nSPS) is 38.6. The molecule has 3 rings (SSSR count). The first kappa shape index (κ1) is 16.1. The summed E-state index contributed by atoms with van der Waals surface area (Å²) in [7, 11) is -0.354. The first-order valence-electron chi connectivity index (χ1n) is 8.16. The van der Waals surface area contributed by atoms with E-state index in [0.29, 0.717) is 12.5 Å². The maximum atomic E-state index is 6.08. The summed E-state index contributed by atoms with van der Waals surface area (Å²) in [4.78, 5) is 0. The second kappa shape index (κ2) is 7.18. The minimum absolute atomic E-state index is 0.0161. The molecular weight excluding hydrogens is 278 g/mol. The standard InChI is InChI=1S/C16H24B2O4/c1-12(2)14-11-20-18-8-4-6-15-13(3)10-19-17(21-15)9-5-7-16(14)22-18/h4-7,13-16H,1,8-11H2,2-3H3/b6-4+,7-5+. The fourth-order valence-electron chi connectivity index (χ4n) is 3.05. The van der Waals surface area contributed by atoms with Crippen LogP contribution in [0.4, 0.5) is 0 Å². The quantitative estimate of drug-likeness (QED) is 0.551. The summed E-state index contributed by atoms with van der Waals surface area (Å²) in [6.45, 7) is 9.64. The van der Waals surface area contributed by atoms with Gasteiger partial charge in [-0.25, -0.2) is 0 Å². The Bertz CT molecular complexity index is 465. The van der Waals surface area contributed by atoms with Gasteiger partial charge in [0.2, 0.25) is 0 Å². The molecule has 4 bridgehead atoms. The zero-order valence-corrected chi connectivity index (χ0v) is 13.4. The Hall–Kier alpha value is -0.810. The molecule has 0 aromatic carbocycles. The van der Waals surface area contributed by atoms with Gasteiger partial charge in [0.15, 0.2) is 0 Å². The maximum absolute atomic E-state index is 6.08. The first-order valence-corrected chi connectivity index (χ1v) is 8.16. The Morgan fingerprint density at radius 2 is 1.59 bits per heavy atom. The molecule has 3 heterocycles. The summed E-state index contributed by atoms with van der Waals surface area (Å²) in [5.41, 5.74) is 1.09. The molecule has 0 saturated carbocycles. The lowest BCUT2D eigenvalue weighted by atomic mass is 9.77. The number of hydrogen-bond acceptors (Lipinski definition) is 4. The Labute approximate surface area is 133 Å². The predicted octanol–water partition coefficient (Wildman–Crippen LogP) is 2.75. The minimum atomic E-state index is -0.188. The third kappa shape index (κ3) is 3.74. The van der Waals surface area contributed by atoms with Crippen LogP contribution in [0.5, 0.6) is 0 Å². The van der Waals surface area contributed by atoms with Crippen molar-refractivity contribution in [3.8, 4) is 0 Å². The van der Waals surface area contributed by atoms with Gasteiger partial charge in [0.05, 0.1) is 12.2 Å². The van der Waals surface area contributed by atoms with Crippen molar-refractivity contribution < 1.29 is 18.6 Å². The Kier molecular flexibility index (Phi) is 5.24. The van der Waals surface area contributed by atoms with Gasteiger partial charge in [-0.15, -0.1) is 0 Å².